The van der Waals surface area contributed by atoms with Gasteiger partial charge in [0.05, 0.1) is 36.7 Å². The number of amides is 1. The van der Waals surface area contributed by atoms with Gasteiger partial charge in [-0.25, -0.2) is 4.98 Å². The van der Waals surface area contributed by atoms with E-state index in [2.05, 4.69) is 11.1 Å². The molecular weight excluding hydrogens is 651 g/mol. The molecule has 0 saturated carbocycles. The van der Waals surface area contributed by atoms with Gasteiger partial charge < -0.3 is 29.3 Å². The van der Waals surface area contributed by atoms with Crippen molar-refractivity contribution in [2.45, 2.75) is 30.9 Å². The van der Waals surface area contributed by atoms with Gasteiger partial charge in [0.15, 0.2) is 0 Å². The zero-order valence-electron chi connectivity index (χ0n) is 28.0. The number of aliphatic carboxylic acids is 1. The molecule has 0 radical (unpaired) electrons. The summed E-state index contributed by atoms with van der Waals surface area (Å²) in [7, 11) is 3.17. The van der Waals surface area contributed by atoms with Crippen molar-refractivity contribution in [2.24, 2.45) is 17.8 Å². The van der Waals surface area contributed by atoms with Gasteiger partial charge in [-0.15, -0.1) is 0 Å². The molecule has 3 saturated heterocycles. The maximum Gasteiger partial charge on any atom is 0.416 e. The lowest BCUT2D eigenvalue weighted by Crippen LogP contribution is -2.38. The Morgan fingerprint density at radius 1 is 0.960 bits per heavy atom. The Labute approximate surface area is 289 Å². The van der Waals surface area contributed by atoms with Crippen LogP contribution in [0, 0.1) is 29.1 Å². The van der Waals surface area contributed by atoms with E-state index in [9.17, 15) is 33.1 Å². The number of ether oxygens (including phenoxy) is 2. The molecule has 10 nitrogen and oxygen atoms in total. The van der Waals surface area contributed by atoms with Crippen LogP contribution >= 0.6 is 0 Å². The number of carboxylic acid groups (broad SMARTS) is 1. The molecule has 4 heterocycles. The number of carbonyl (C=O) groups excluding carboxylic acids is 1. The van der Waals surface area contributed by atoms with Crippen LogP contribution in [0.4, 0.5) is 24.7 Å². The van der Waals surface area contributed by atoms with E-state index < -0.39 is 29.5 Å². The van der Waals surface area contributed by atoms with E-state index in [1.54, 1.807) is 26.4 Å². The van der Waals surface area contributed by atoms with Crippen LogP contribution in [0.5, 0.6) is 5.75 Å². The van der Waals surface area contributed by atoms with Gasteiger partial charge in [0.1, 0.15) is 17.6 Å². The second-order valence-corrected chi connectivity index (χ2v) is 13.3. The Kier molecular flexibility index (Phi) is 10.2. The average Bonchev–Trinajstić information content (AvgIpc) is 3.76. The first-order chi connectivity index (χ1) is 24.0. The van der Waals surface area contributed by atoms with Gasteiger partial charge in [-0.05, 0) is 60.4 Å². The second-order valence-electron chi connectivity index (χ2n) is 13.3. The van der Waals surface area contributed by atoms with Crippen LogP contribution in [-0.4, -0.2) is 87.0 Å². The molecule has 0 aliphatic carbocycles. The molecule has 13 heteroatoms. The van der Waals surface area contributed by atoms with Crippen molar-refractivity contribution in [3.63, 3.8) is 0 Å². The number of hydrogen-bond donors (Lipinski definition) is 1. The number of alkyl halides is 3. The maximum atomic E-state index is 14.6. The Morgan fingerprint density at radius 3 is 2.30 bits per heavy atom. The molecule has 0 unspecified atom stereocenters. The monoisotopic (exact) mass is 691 g/mol. The highest BCUT2D eigenvalue weighted by Crippen LogP contribution is 2.44. The SMILES string of the molecule is COC[C@H]1CN(C(=O)[C@@H]2CN(c3ccc(C#N)cn3)C[C@H]2c2ccc(OC)cc2)C[C@@H]1c1ccc(C(F)(F)F)cc1N1CCC(C(=O)O)CC1. The first-order valence-corrected chi connectivity index (χ1v) is 16.7. The largest absolute Gasteiger partial charge is 0.497 e. The summed E-state index contributed by atoms with van der Waals surface area (Å²) in [5.41, 5.74) is 1.77. The number of methoxy groups -OCH3 is 2. The summed E-state index contributed by atoms with van der Waals surface area (Å²) >= 11 is 0. The number of aromatic nitrogens is 1. The van der Waals surface area contributed by atoms with E-state index in [4.69, 9.17) is 9.47 Å². The normalized spacial score (nSPS) is 22.8. The third-order valence-corrected chi connectivity index (χ3v) is 10.5. The number of hydrogen-bond acceptors (Lipinski definition) is 8. The van der Waals surface area contributed by atoms with Gasteiger partial charge in [0.2, 0.25) is 5.91 Å². The number of carbonyl (C=O) groups is 2. The molecule has 3 aromatic rings. The van der Waals surface area contributed by atoms with E-state index in [0.29, 0.717) is 87.1 Å². The van der Waals surface area contributed by atoms with Crippen LogP contribution < -0.4 is 14.5 Å². The zero-order chi connectivity index (χ0) is 35.6. The van der Waals surface area contributed by atoms with Crippen molar-refractivity contribution >= 4 is 23.4 Å². The third-order valence-electron chi connectivity index (χ3n) is 10.5. The van der Waals surface area contributed by atoms with Crippen LogP contribution in [0.15, 0.2) is 60.8 Å². The molecule has 50 heavy (non-hydrogen) atoms. The number of nitrogens with zero attached hydrogens (tertiary/aromatic N) is 5. The quantitative estimate of drug-likeness (QED) is 0.315. The molecule has 6 rings (SSSR count). The van der Waals surface area contributed by atoms with Crippen molar-refractivity contribution in [3.8, 4) is 11.8 Å². The van der Waals surface area contributed by atoms with Crippen molar-refractivity contribution in [1.82, 2.24) is 9.88 Å². The molecule has 1 aromatic heterocycles. The highest BCUT2D eigenvalue weighted by atomic mass is 19.4. The molecule has 264 valence electrons. The Bertz CT molecular complexity index is 1720. The fraction of sp³-hybridized carbons (Fsp3) is 0.459. The van der Waals surface area contributed by atoms with Gasteiger partial charge in [0, 0.05) is 76.0 Å². The van der Waals surface area contributed by atoms with Crippen molar-refractivity contribution in [2.75, 3.05) is 69.9 Å². The number of benzene rings is 2. The fourth-order valence-electron chi connectivity index (χ4n) is 7.76. The Hall–Kier alpha value is -4.83. The lowest BCUT2D eigenvalue weighted by Gasteiger charge is -2.35. The van der Waals surface area contributed by atoms with E-state index in [0.717, 1.165) is 11.6 Å². The first-order valence-electron chi connectivity index (χ1n) is 16.7. The summed E-state index contributed by atoms with van der Waals surface area (Å²) in [6.45, 7) is 2.55. The van der Waals surface area contributed by atoms with E-state index >= 15 is 0 Å². The molecule has 3 aliphatic rings. The molecule has 0 spiro atoms. The van der Waals surface area contributed by atoms with Crippen LogP contribution in [0.3, 0.4) is 0 Å². The van der Waals surface area contributed by atoms with Gasteiger partial charge in [-0.3, -0.25) is 9.59 Å². The summed E-state index contributed by atoms with van der Waals surface area (Å²) in [4.78, 5) is 36.4. The summed E-state index contributed by atoms with van der Waals surface area (Å²) in [5, 5.41) is 18.8. The molecule has 4 atom stereocenters. The number of pyridine rings is 1. The second kappa shape index (κ2) is 14.6. The standard InChI is InChI=1S/C37H40F3N5O5/c1-49-22-26-18-45(20-31(26)29-9-6-27(37(38,39)40)15-33(29)43-13-11-25(12-14-43)36(47)48)35(46)32-21-44(34-10-3-23(16-41)17-42-34)19-30(32)24-4-7-28(50-2)8-5-24/h3-10,15,17,25-26,30-32H,11-14,18-22H2,1-2H3,(H,47,48)/t26-,30+,31+,32-/m1/s1. The highest BCUT2D eigenvalue weighted by molar-refractivity contribution is 5.82. The number of piperidine rings is 1. The van der Waals surface area contributed by atoms with Crippen molar-refractivity contribution in [3.05, 3.63) is 83.0 Å². The molecular formula is C37H40F3N5O5. The number of nitriles is 1. The number of rotatable bonds is 9. The lowest BCUT2D eigenvalue weighted by molar-refractivity contribution is -0.142. The summed E-state index contributed by atoms with van der Waals surface area (Å²) in [5.74, 6) is -1.22. The van der Waals surface area contributed by atoms with Crippen molar-refractivity contribution in [1.29, 1.82) is 5.26 Å². The third kappa shape index (κ3) is 7.21. The first kappa shape index (κ1) is 35.0. The lowest BCUT2D eigenvalue weighted by atomic mass is 9.86. The Morgan fingerprint density at radius 2 is 1.70 bits per heavy atom. The molecule has 3 fully saturated rings. The number of anilines is 2. The van der Waals surface area contributed by atoms with E-state index in [1.807, 2.05) is 39.0 Å². The summed E-state index contributed by atoms with van der Waals surface area (Å²) in [6, 6.07) is 17.0. The van der Waals surface area contributed by atoms with E-state index in [1.165, 1.54) is 18.3 Å². The summed E-state index contributed by atoms with van der Waals surface area (Å²) in [6.07, 6.45) is -2.37. The number of likely N-dealkylation sites (tertiary alicyclic amines) is 1. The maximum absolute atomic E-state index is 14.6. The van der Waals surface area contributed by atoms with Crippen LogP contribution in [0.1, 0.15) is 46.9 Å². The van der Waals surface area contributed by atoms with E-state index in [-0.39, 0.29) is 23.7 Å². The molecule has 1 N–H and O–H groups in total. The fourth-order valence-corrected chi connectivity index (χ4v) is 7.76. The van der Waals surface area contributed by atoms with Crippen LogP contribution in [0.25, 0.3) is 0 Å². The van der Waals surface area contributed by atoms with Crippen LogP contribution in [-0.2, 0) is 20.5 Å². The number of carboxylic acids is 1. The summed E-state index contributed by atoms with van der Waals surface area (Å²) < 4.78 is 52.8. The van der Waals surface area contributed by atoms with Gasteiger partial charge >= 0.3 is 12.1 Å². The topological polar surface area (TPSA) is 119 Å². The average molecular weight is 692 g/mol. The molecule has 2 aromatic carbocycles. The molecule has 3 aliphatic heterocycles. The minimum atomic E-state index is -4.55. The number of halogens is 3. The highest BCUT2D eigenvalue weighted by Gasteiger charge is 2.45. The minimum Gasteiger partial charge on any atom is -0.497 e. The van der Waals surface area contributed by atoms with Crippen molar-refractivity contribution < 1.29 is 37.3 Å². The predicted octanol–water partition coefficient (Wildman–Crippen LogP) is 5.39. The minimum absolute atomic E-state index is 0.0544. The zero-order valence-corrected chi connectivity index (χ0v) is 28.0. The smallest absolute Gasteiger partial charge is 0.416 e. The molecule has 0 bridgehead atoms. The van der Waals surface area contributed by atoms with Crippen LogP contribution in [0.2, 0.25) is 0 Å². The van der Waals surface area contributed by atoms with Gasteiger partial charge in [0.25, 0.3) is 0 Å². The van der Waals surface area contributed by atoms with Gasteiger partial charge in [-0.2, -0.15) is 18.4 Å². The predicted molar refractivity (Wildman–Crippen MR) is 179 cm³/mol. The van der Waals surface area contributed by atoms with Gasteiger partial charge in [-0.1, -0.05) is 18.2 Å². The molecule has 1 amide bonds. The Balaban J connectivity index is 1.30.